The van der Waals surface area contributed by atoms with Crippen LogP contribution in [0, 0.1) is 0 Å². The lowest BCUT2D eigenvalue weighted by Crippen LogP contribution is -2.23. The number of nitrogens with zero attached hydrogens (tertiary/aromatic N) is 2. The fourth-order valence-corrected chi connectivity index (χ4v) is 6.53. The fraction of sp³-hybridized carbons (Fsp3) is 0.222. The van der Waals surface area contributed by atoms with E-state index in [4.69, 9.17) is 0 Å². The molecule has 0 radical (unpaired) electrons. The Hall–Kier alpha value is -1.70. The minimum Gasteiger partial charge on any atom is -0.318 e. The van der Waals surface area contributed by atoms with E-state index in [9.17, 15) is 4.79 Å². The van der Waals surface area contributed by atoms with Crippen molar-refractivity contribution in [1.82, 2.24) is 9.99 Å². The van der Waals surface area contributed by atoms with Gasteiger partial charge in [0.2, 0.25) is 4.80 Å². The first kappa shape index (κ1) is 16.8. The van der Waals surface area contributed by atoms with Gasteiger partial charge < -0.3 is 4.57 Å². The summed E-state index contributed by atoms with van der Waals surface area (Å²) in [6, 6.07) is 16.0. The molecule has 2 heterocycles. The summed E-state index contributed by atoms with van der Waals surface area (Å²) < 4.78 is 3.63. The molecule has 0 aliphatic carbocycles. The van der Waals surface area contributed by atoms with Crippen molar-refractivity contribution in [2.24, 2.45) is 12.1 Å². The van der Waals surface area contributed by atoms with Gasteiger partial charge >= 0.3 is 0 Å². The van der Waals surface area contributed by atoms with E-state index in [0.717, 1.165) is 15.0 Å². The highest BCUT2D eigenvalue weighted by Gasteiger charge is 2.18. The van der Waals surface area contributed by atoms with Gasteiger partial charge in [0, 0.05) is 24.1 Å². The van der Waals surface area contributed by atoms with Gasteiger partial charge in [0.1, 0.15) is 0 Å². The molecule has 0 unspecified atom stereocenters. The zero-order valence-electron chi connectivity index (χ0n) is 13.6. The van der Waals surface area contributed by atoms with Crippen LogP contribution in [0.5, 0.6) is 0 Å². The Kier molecular flexibility index (Phi) is 4.87. The van der Waals surface area contributed by atoms with Gasteiger partial charge in [-0.05, 0) is 29.8 Å². The van der Waals surface area contributed by atoms with Crippen molar-refractivity contribution in [3.8, 4) is 0 Å². The van der Waals surface area contributed by atoms with Crippen molar-refractivity contribution < 1.29 is 4.79 Å². The molecule has 1 aromatic heterocycles. The third kappa shape index (κ3) is 3.49. The number of fused-ring (bicyclic) bond motifs is 1. The molecule has 1 fully saturated rings. The number of hydrogen-bond acceptors (Lipinski definition) is 5. The summed E-state index contributed by atoms with van der Waals surface area (Å²) >= 11 is 5.48. The first-order chi connectivity index (χ1) is 12.2. The number of thiazole rings is 1. The first-order valence-corrected chi connectivity index (χ1v) is 10.9. The van der Waals surface area contributed by atoms with Gasteiger partial charge in [-0.2, -0.15) is 0 Å². The second kappa shape index (κ2) is 7.27. The average molecular weight is 388 g/mol. The Balaban J connectivity index is 1.52. The number of aryl methyl sites for hydroxylation is 1. The fourth-order valence-electron chi connectivity index (χ4n) is 2.69. The standard InChI is InChI=1S/C18H17N3OS3/c1-21-14-4-2-3-5-15(14)25-18(21)20-19-16(22)12-6-8-13(9-7-12)17-23-10-11-24-17/h2-9,17H,10-11H2,1H3,(H,19,22)/b20-18-. The molecule has 4 rings (SSSR count). The molecule has 0 atom stereocenters. The lowest BCUT2D eigenvalue weighted by Gasteiger charge is -2.08. The van der Waals surface area contributed by atoms with Gasteiger partial charge in [-0.25, -0.2) is 5.43 Å². The molecule has 7 heteroatoms. The Morgan fingerprint density at radius 2 is 1.84 bits per heavy atom. The van der Waals surface area contributed by atoms with Crippen LogP contribution in [0.2, 0.25) is 0 Å². The highest BCUT2D eigenvalue weighted by Crippen LogP contribution is 2.45. The third-order valence-corrected chi connectivity index (χ3v) is 8.25. The van der Waals surface area contributed by atoms with E-state index in [0.29, 0.717) is 10.1 Å². The van der Waals surface area contributed by atoms with Crippen LogP contribution in [0.1, 0.15) is 20.5 Å². The minimum atomic E-state index is -0.185. The van der Waals surface area contributed by atoms with Crippen LogP contribution < -0.4 is 10.2 Å². The molecule has 0 spiro atoms. The van der Waals surface area contributed by atoms with Crippen molar-refractivity contribution in [2.75, 3.05) is 11.5 Å². The summed E-state index contributed by atoms with van der Waals surface area (Å²) in [5, 5.41) is 4.29. The summed E-state index contributed by atoms with van der Waals surface area (Å²) in [7, 11) is 1.95. The molecule has 0 bridgehead atoms. The van der Waals surface area contributed by atoms with Gasteiger partial charge in [0.15, 0.2) is 0 Å². The third-order valence-electron chi connectivity index (χ3n) is 4.03. The SMILES string of the molecule is Cn1/c(=N/NC(=O)c2ccc(C3SCCS3)cc2)sc2ccccc21. The molecule has 1 amide bonds. The predicted octanol–water partition coefficient (Wildman–Crippen LogP) is 3.96. The normalized spacial score (nSPS) is 15.8. The molecular weight excluding hydrogens is 370 g/mol. The molecule has 3 aromatic rings. The lowest BCUT2D eigenvalue weighted by atomic mass is 10.1. The monoisotopic (exact) mass is 387 g/mol. The molecule has 4 nitrogen and oxygen atoms in total. The number of carbonyl (C=O) groups excluding carboxylic acids is 1. The number of hydrogen-bond donors (Lipinski definition) is 1. The molecular formula is C18H17N3OS3. The average Bonchev–Trinajstić information content (AvgIpc) is 3.29. The first-order valence-electron chi connectivity index (χ1n) is 7.94. The van der Waals surface area contributed by atoms with Gasteiger partial charge in [0.25, 0.3) is 5.91 Å². The molecule has 25 heavy (non-hydrogen) atoms. The predicted molar refractivity (Wildman–Crippen MR) is 108 cm³/mol. The van der Waals surface area contributed by atoms with Crippen molar-refractivity contribution in [3.05, 3.63) is 64.5 Å². The van der Waals surface area contributed by atoms with Gasteiger partial charge in [0.05, 0.1) is 14.8 Å². The van der Waals surface area contributed by atoms with E-state index in [2.05, 4.69) is 16.6 Å². The molecule has 1 saturated heterocycles. The van der Waals surface area contributed by atoms with Crippen LogP contribution in [0.4, 0.5) is 0 Å². The maximum Gasteiger partial charge on any atom is 0.271 e. The Morgan fingerprint density at radius 3 is 2.56 bits per heavy atom. The summed E-state index contributed by atoms with van der Waals surface area (Å²) in [5.41, 5.74) is 5.68. The molecule has 1 aliphatic heterocycles. The zero-order valence-corrected chi connectivity index (χ0v) is 16.1. The Labute approximate surface area is 158 Å². The van der Waals surface area contributed by atoms with Crippen molar-refractivity contribution in [2.45, 2.75) is 4.58 Å². The number of para-hydroxylation sites is 1. The van der Waals surface area contributed by atoms with Gasteiger partial charge in [-0.15, -0.1) is 28.6 Å². The summed E-state index contributed by atoms with van der Waals surface area (Å²) in [5.74, 6) is 2.21. The van der Waals surface area contributed by atoms with Gasteiger partial charge in [-0.3, -0.25) is 4.79 Å². The van der Waals surface area contributed by atoms with Crippen LogP contribution in [0.25, 0.3) is 10.2 Å². The van der Waals surface area contributed by atoms with Crippen molar-refractivity contribution >= 4 is 51.0 Å². The number of aromatic nitrogens is 1. The quantitative estimate of drug-likeness (QED) is 0.692. The molecule has 2 aromatic carbocycles. The number of benzene rings is 2. The van der Waals surface area contributed by atoms with Crippen LogP contribution >= 0.6 is 34.9 Å². The number of nitrogens with one attached hydrogen (secondary N) is 1. The van der Waals surface area contributed by atoms with Gasteiger partial charge in [-0.1, -0.05) is 35.6 Å². The Morgan fingerprint density at radius 1 is 1.12 bits per heavy atom. The van der Waals surface area contributed by atoms with E-state index >= 15 is 0 Å². The van der Waals surface area contributed by atoms with E-state index in [1.54, 1.807) is 11.3 Å². The van der Waals surface area contributed by atoms with Crippen LogP contribution in [-0.2, 0) is 7.05 Å². The van der Waals surface area contributed by atoms with Crippen LogP contribution in [0.15, 0.2) is 53.6 Å². The molecule has 128 valence electrons. The van der Waals surface area contributed by atoms with E-state index in [1.807, 2.05) is 77.6 Å². The summed E-state index contributed by atoms with van der Waals surface area (Å²) in [6.45, 7) is 0. The lowest BCUT2D eigenvalue weighted by molar-refractivity contribution is 0.0953. The highest BCUT2D eigenvalue weighted by molar-refractivity contribution is 8.19. The topological polar surface area (TPSA) is 46.4 Å². The number of amides is 1. The number of rotatable bonds is 3. The molecule has 1 aliphatic rings. The highest BCUT2D eigenvalue weighted by atomic mass is 32.2. The van der Waals surface area contributed by atoms with E-state index < -0.39 is 0 Å². The van der Waals surface area contributed by atoms with Crippen LogP contribution in [0.3, 0.4) is 0 Å². The maximum atomic E-state index is 12.4. The largest absolute Gasteiger partial charge is 0.318 e. The van der Waals surface area contributed by atoms with Crippen molar-refractivity contribution in [1.29, 1.82) is 0 Å². The number of thioether (sulfide) groups is 2. The van der Waals surface area contributed by atoms with Crippen molar-refractivity contribution in [3.63, 3.8) is 0 Å². The number of carbonyl (C=O) groups is 1. The Bertz CT molecular complexity index is 969. The molecule has 0 saturated carbocycles. The molecule has 1 N–H and O–H groups in total. The second-order valence-electron chi connectivity index (χ2n) is 5.66. The second-order valence-corrected chi connectivity index (χ2v) is 9.39. The van der Waals surface area contributed by atoms with E-state index in [-0.39, 0.29) is 5.91 Å². The van der Waals surface area contributed by atoms with Crippen LogP contribution in [-0.4, -0.2) is 22.0 Å². The maximum absolute atomic E-state index is 12.4. The zero-order chi connectivity index (χ0) is 17.2. The summed E-state index contributed by atoms with van der Waals surface area (Å²) in [4.78, 5) is 13.1. The van der Waals surface area contributed by atoms with E-state index in [1.165, 1.54) is 17.1 Å². The minimum absolute atomic E-state index is 0.185. The summed E-state index contributed by atoms with van der Waals surface area (Å²) in [6.07, 6.45) is 0. The smallest absolute Gasteiger partial charge is 0.271 e.